The van der Waals surface area contributed by atoms with Gasteiger partial charge in [0.15, 0.2) is 0 Å². The highest BCUT2D eigenvalue weighted by Gasteiger charge is 2.06. The molecular weight excluding hydrogens is 224 g/mol. The van der Waals surface area contributed by atoms with E-state index in [1.807, 2.05) is 24.0 Å². The average molecular weight is 240 g/mol. The van der Waals surface area contributed by atoms with E-state index in [0.717, 1.165) is 19.0 Å². The Labute approximate surface area is 97.9 Å². The number of nitrogens with one attached hydrogen (secondary N) is 3. The van der Waals surface area contributed by atoms with E-state index in [1.54, 1.807) is 0 Å². The maximum atomic E-state index is 11.5. The van der Waals surface area contributed by atoms with Gasteiger partial charge in [-0.25, -0.2) is 4.79 Å². The zero-order valence-electron chi connectivity index (χ0n) is 9.87. The van der Waals surface area contributed by atoms with Gasteiger partial charge in [0.1, 0.15) is 5.69 Å². The lowest BCUT2D eigenvalue weighted by Crippen LogP contribution is -2.32. The van der Waals surface area contributed by atoms with E-state index in [9.17, 15) is 14.4 Å². The van der Waals surface area contributed by atoms with E-state index >= 15 is 0 Å². The average Bonchev–Trinajstić information content (AvgIpc) is 2.22. The van der Waals surface area contributed by atoms with Gasteiger partial charge < -0.3 is 15.2 Å². The molecule has 1 amide bonds. The second kappa shape index (κ2) is 6.00. The molecular formula is C10H16N4O3. The highest BCUT2D eigenvalue weighted by atomic mass is 16.2. The second-order valence-corrected chi connectivity index (χ2v) is 3.91. The molecule has 0 aliphatic rings. The van der Waals surface area contributed by atoms with Crippen LogP contribution in [0, 0.1) is 0 Å². The molecule has 0 aliphatic heterocycles. The van der Waals surface area contributed by atoms with Gasteiger partial charge in [-0.3, -0.25) is 14.6 Å². The Balaban J connectivity index is 2.53. The molecule has 7 heteroatoms. The molecule has 7 nitrogen and oxygen atoms in total. The first-order valence-corrected chi connectivity index (χ1v) is 5.25. The van der Waals surface area contributed by atoms with Gasteiger partial charge in [-0.05, 0) is 27.1 Å². The Kier molecular flexibility index (Phi) is 4.65. The fourth-order valence-electron chi connectivity index (χ4n) is 1.28. The van der Waals surface area contributed by atoms with Crippen LogP contribution in [0.5, 0.6) is 0 Å². The van der Waals surface area contributed by atoms with Crippen molar-refractivity contribution >= 4 is 5.91 Å². The van der Waals surface area contributed by atoms with E-state index in [0.29, 0.717) is 6.54 Å². The summed E-state index contributed by atoms with van der Waals surface area (Å²) in [6.07, 6.45) is 0.798. The Morgan fingerprint density at radius 1 is 1.35 bits per heavy atom. The van der Waals surface area contributed by atoms with E-state index < -0.39 is 17.2 Å². The monoisotopic (exact) mass is 240 g/mol. The third-order valence-electron chi connectivity index (χ3n) is 2.07. The number of carbonyl (C=O) groups is 1. The summed E-state index contributed by atoms with van der Waals surface area (Å²) in [6.45, 7) is 1.35. The number of H-pyrrole nitrogens is 2. The summed E-state index contributed by atoms with van der Waals surface area (Å²) in [7, 11) is 3.88. The minimum Gasteiger partial charge on any atom is -0.351 e. The van der Waals surface area contributed by atoms with Crippen LogP contribution < -0.4 is 16.6 Å². The molecule has 0 bridgehead atoms. The van der Waals surface area contributed by atoms with Crippen molar-refractivity contribution in [1.82, 2.24) is 20.2 Å². The largest absolute Gasteiger partial charge is 0.351 e. The van der Waals surface area contributed by atoms with Crippen LogP contribution in [0.1, 0.15) is 16.9 Å². The third kappa shape index (κ3) is 4.64. The van der Waals surface area contributed by atoms with Crippen molar-refractivity contribution in [2.24, 2.45) is 0 Å². The molecule has 0 spiro atoms. The van der Waals surface area contributed by atoms with Gasteiger partial charge in [0, 0.05) is 12.6 Å². The lowest BCUT2D eigenvalue weighted by atomic mass is 10.3. The fourth-order valence-corrected chi connectivity index (χ4v) is 1.28. The van der Waals surface area contributed by atoms with Gasteiger partial charge in [-0.1, -0.05) is 0 Å². The topological polar surface area (TPSA) is 98.1 Å². The molecule has 3 N–H and O–H groups in total. The van der Waals surface area contributed by atoms with Crippen molar-refractivity contribution in [2.75, 3.05) is 27.2 Å². The van der Waals surface area contributed by atoms with Gasteiger partial charge in [0.2, 0.25) is 0 Å². The molecule has 0 radical (unpaired) electrons. The van der Waals surface area contributed by atoms with Crippen molar-refractivity contribution in [1.29, 1.82) is 0 Å². The Hall–Kier alpha value is -1.89. The van der Waals surface area contributed by atoms with Crippen molar-refractivity contribution in [3.63, 3.8) is 0 Å². The first kappa shape index (κ1) is 13.2. The van der Waals surface area contributed by atoms with E-state index in [4.69, 9.17) is 0 Å². The molecule has 0 aliphatic carbocycles. The minimum absolute atomic E-state index is 0.0244. The Bertz CT molecular complexity index is 461. The molecule has 1 aromatic rings. The smallest absolute Gasteiger partial charge is 0.326 e. The first-order chi connectivity index (χ1) is 7.99. The van der Waals surface area contributed by atoms with Crippen molar-refractivity contribution in [3.05, 3.63) is 32.6 Å². The van der Waals surface area contributed by atoms with Crippen LogP contribution in [-0.2, 0) is 0 Å². The number of hydrogen-bond acceptors (Lipinski definition) is 4. The first-order valence-electron chi connectivity index (χ1n) is 5.25. The van der Waals surface area contributed by atoms with Gasteiger partial charge in [-0.2, -0.15) is 0 Å². The molecule has 0 saturated heterocycles. The van der Waals surface area contributed by atoms with Gasteiger partial charge in [0.05, 0.1) is 0 Å². The SMILES string of the molecule is CN(C)CCCNC(=O)c1cc(=O)[nH]c(=O)[nH]1. The normalized spacial score (nSPS) is 10.5. The molecule has 1 aromatic heterocycles. The molecule has 0 saturated carbocycles. The summed E-state index contributed by atoms with van der Waals surface area (Å²) >= 11 is 0. The zero-order valence-corrected chi connectivity index (χ0v) is 9.87. The molecule has 0 fully saturated rings. The van der Waals surface area contributed by atoms with Gasteiger partial charge in [0.25, 0.3) is 11.5 Å². The van der Waals surface area contributed by atoms with Crippen LogP contribution in [0.3, 0.4) is 0 Å². The molecule has 1 rings (SSSR count). The number of rotatable bonds is 5. The Morgan fingerprint density at radius 2 is 2.06 bits per heavy atom. The highest BCUT2D eigenvalue weighted by molar-refractivity contribution is 5.91. The van der Waals surface area contributed by atoms with Gasteiger partial charge in [-0.15, -0.1) is 0 Å². The number of hydrogen-bond donors (Lipinski definition) is 3. The summed E-state index contributed by atoms with van der Waals surface area (Å²) in [5.41, 5.74) is -1.30. The van der Waals surface area contributed by atoms with E-state index in [-0.39, 0.29) is 5.69 Å². The molecule has 94 valence electrons. The lowest BCUT2D eigenvalue weighted by Gasteiger charge is -2.09. The highest BCUT2D eigenvalue weighted by Crippen LogP contribution is 1.87. The van der Waals surface area contributed by atoms with Crippen LogP contribution in [-0.4, -0.2) is 48.0 Å². The number of amides is 1. The zero-order chi connectivity index (χ0) is 12.8. The Morgan fingerprint density at radius 3 is 2.65 bits per heavy atom. The van der Waals surface area contributed by atoms with E-state index in [2.05, 4.69) is 10.3 Å². The maximum absolute atomic E-state index is 11.5. The number of aromatic nitrogens is 2. The molecule has 0 aromatic carbocycles. The lowest BCUT2D eigenvalue weighted by molar-refractivity contribution is 0.0946. The van der Waals surface area contributed by atoms with E-state index in [1.165, 1.54) is 0 Å². The molecule has 1 heterocycles. The van der Waals surface area contributed by atoms with Crippen molar-refractivity contribution < 1.29 is 4.79 Å². The second-order valence-electron chi connectivity index (χ2n) is 3.91. The number of aromatic amines is 2. The summed E-state index contributed by atoms with van der Waals surface area (Å²) in [4.78, 5) is 39.7. The standard InChI is InChI=1S/C10H16N4O3/c1-14(2)5-3-4-11-9(16)7-6-8(15)13-10(17)12-7/h6H,3-5H2,1-2H3,(H,11,16)(H2,12,13,15,17). The molecule has 17 heavy (non-hydrogen) atoms. The number of nitrogens with zero attached hydrogens (tertiary/aromatic N) is 1. The minimum atomic E-state index is -0.684. The number of carbonyl (C=O) groups excluding carboxylic acids is 1. The summed E-state index contributed by atoms with van der Waals surface area (Å²) in [6, 6.07) is 1.06. The van der Waals surface area contributed by atoms with Crippen LogP contribution >= 0.6 is 0 Å². The quantitative estimate of drug-likeness (QED) is 0.560. The molecule has 0 unspecified atom stereocenters. The van der Waals surface area contributed by atoms with Crippen LogP contribution in [0.15, 0.2) is 15.7 Å². The third-order valence-corrected chi connectivity index (χ3v) is 2.07. The maximum Gasteiger partial charge on any atom is 0.326 e. The molecule has 0 atom stereocenters. The van der Waals surface area contributed by atoms with Gasteiger partial charge >= 0.3 is 5.69 Å². The summed E-state index contributed by atoms with van der Waals surface area (Å²) in [5, 5.41) is 2.62. The fraction of sp³-hybridized carbons (Fsp3) is 0.500. The van der Waals surface area contributed by atoms with Crippen LogP contribution in [0.4, 0.5) is 0 Å². The predicted octanol–water partition coefficient (Wildman–Crippen LogP) is -1.26. The van der Waals surface area contributed by atoms with Crippen molar-refractivity contribution in [3.8, 4) is 0 Å². The van der Waals surface area contributed by atoms with Crippen LogP contribution in [0.2, 0.25) is 0 Å². The van der Waals surface area contributed by atoms with Crippen molar-refractivity contribution in [2.45, 2.75) is 6.42 Å². The van der Waals surface area contributed by atoms with Crippen LogP contribution in [0.25, 0.3) is 0 Å². The summed E-state index contributed by atoms with van der Waals surface area (Å²) < 4.78 is 0. The summed E-state index contributed by atoms with van der Waals surface area (Å²) in [5.74, 6) is -0.452. The predicted molar refractivity (Wildman–Crippen MR) is 63.2 cm³/mol.